The summed E-state index contributed by atoms with van der Waals surface area (Å²) in [7, 11) is 1.58. The fraction of sp³-hybridized carbons (Fsp3) is 0.190. The molecule has 0 saturated carbocycles. The number of methoxy groups -OCH3 is 1. The molecule has 10 nitrogen and oxygen atoms in total. The molecule has 158 valence electrons. The summed E-state index contributed by atoms with van der Waals surface area (Å²) in [5, 5.41) is 10.8. The van der Waals surface area contributed by atoms with Crippen molar-refractivity contribution in [3.8, 4) is 17.2 Å². The maximum atomic E-state index is 12.8. The van der Waals surface area contributed by atoms with Gasteiger partial charge in [0.05, 0.1) is 25.1 Å². The summed E-state index contributed by atoms with van der Waals surface area (Å²) in [4.78, 5) is 29.6. The Labute approximate surface area is 177 Å². The highest BCUT2D eigenvalue weighted by molar-refractivity contribution is 5.92. The van der Waals surface area contributed by atoms with E-state index in [1.165, 1.54) is 15.6 Å². The van der Waals surface area contributed by atoms with Gasteiger partial charge in [0.25, 0.3) is 5.56 Å². The van der Waals surface area contributed by atoms with Crippen molar-refractivity contribution in [2.75, 3.05) is 19.0 Å². The van der Waals surface area contributed by atoms with Crippen LogP contribution in [0.5, 0.6) is 11.5 Å². The average Bonchev–Trinajstić information content (AvgIpc) is 3.22. The van der Waals surface area contributed by atoms with Crippen LogP contribution in [0.25, 0.3) is 16.9 Å². The second-order valence-corrected chi connectivity index (χ2v) is 6.53. The standard InChI is InChI=1S/C21H20N6O4/c1-3-31-17-7-5-4-6-16(17)23-18(28)12-26-13-22-20-19(21(26)29)24-25-27(20)14-8-10-15(30-2)11-9-14/h4-11,13H,3,12H2,1-2H3,(H,23,28). The molecular formula is C21H20N6O4. The van der Waals surface area contributed by atoms with Crippen LogP contribution in [0, 0.1) is 0 Å². The number of fused-ring (bicyclic) bond motifs is 1. The van der Waals surface area contributed by atoms with Gasteiger partial charge in [-0.05, 0) is 43.3 Å². The number of para-hydroxylation sites is 2. The quantitative estimate of drug-likeness (QED) is 0.487. The third kappa shape index (κ3) is 4.08. The van der Waals surface area contributed by atoms with Crippen molar-refractivity contribution in [1.29, 1.82) is 0 Å². The Morgan fingerprint density at radius 3 is 2.65 bits per heavy atom. The lowest BCUT2D eigenvalue weighted by atomic mass is 10.3. The van der Waals surface area contributed by atoms with E-state index in [0.717, 1.165) is 0 Å². The van der Waals surface area contributed by atoms with E-state index in [9.17, 15) is 9.59 Å². The third-order valence-electron chi connectivity index (χ3n) is 4.52. The van der Waals surface area contributed by atoms with Gasteiger partial charge in [-0.1, -0.05) is 17.3 Å². The molecule has 2 heterocycles. The Hall–Kier alpha value is -4.21. The maximum absolute atomic E-state index is 12.8. The number of hydrogen-bond acceptors (Lipinski definition) is 7. The number of carbonyl (C=O) groups excluding carboxylic acids is 1. The molecule has 0 radical (unpaired) electrons. The largest absolute Gasteiger partial charge is 0.497 e. The van der Waals surface area contributed by atoms with Crippen LogP contribution in [0.3, 0.4) is 0 Å². The molecule has 4 rings (SSSR count). The molecule has 1 amide bonds. The van der Waals surface area contributed by atoms with Crippen LogP contribution in [0.15, 0.2) is 59.7 Å². The summed E-state index contributed by atoms with van der Waals surface area (Å²) in [5.41, 5.74) is 1.12. The van der Waals surface area contributed by atoms with Crippen LogP contribution in [0.2, 0.25) is 0 Å². The van der Waals surface area contributed by atoms with Gasteiger partial charge in [-0.15, -0.1) is 5.10 Å². The van der Waals surface area contributed by atoms with Gasteiger partial charge < -0.3 is 14.8 Å². The van der Waals surface area contributed by atoms with Gasteiger partial charge in [-0.3, -0.25) is 14.2 Å². The Morgan fingerprint density at radius 2 is 1.90 bits per heavy atom. The predicted octanol–water partition coefficient (Wildman–Crippen LogP) is 2.02. The van der Waals surface area contributed by atoms with Crippen molar-refractivity contribution < 1.29 is 14.3 Å². The van der Waals surface area contributed by atoms with Crippen molar-refractivity contribution in [3.05, 3.63) is 65.2 Å². The summed E-state index contributed by atoms with van der Waals surface area (Å²) >= 11 is 0. The molecule has 0 saturated heterocycles. The molecule has 0 aliphatic carbocycles. The van der Waals surface area contributed by atoms with Crippen molar-refractivity contribution in [3.63, 3.8) is 0 Å². The van der Waals surface area contributed by atoms with Gasteiger partial charge >= 0.3 is 0 Å². The van der Waals surface area contributed by atoms with Gasteiger partial charge in [0.2, 0.25) is 5.91 Å². The van der Waals surface area contributed by atoms with E-state index in [0.29, 0.717) is 35.1 Å². The Morgan fingerprint density at radius 1 is 1.13 bits per heavy atom. The fourth-order valence-corrected chi connectivity index (χ4v) is 3.05. The minimum atomic E-state index is -0.460. The monoisotopic (exact) mass is 420 g/mol. The zero-order chi connectivity index (χ0) is 21.8. The van der Waals surface area contributed by atoms with Crippen LogP contribution in [0.1, 0.15) is 6.92 Å². The van der Waals surface area contributed by atoms with E-state index in [2.05, 4.69) is 20.6 Å². The number of anilines is 1. The first-order chi connectivity index (χ1) is 15.1. The number of rotatable bonds is 7. The van der Waals surface area contributed by atoms with Crippen LogP contribution < -0.4 is 20.3 Å². The van der Waals surface area contributed by atoms with Crippen molar-refractivity contribution in [2.45, 2.75) is 13.5 Å². The molecule has 2 aromatic heterocycles. The highest BCUT2D eigenvalue weighted by atomic mass is 16.5. The van der Waals surface area contributed by atoms with E-state index >= 15 is 0 Å². The number of amides is 1. The molecule has 0 spiro atoms. The van der Waals surface area contributed by atoms with Crippen molar-refractivity contribution >= 4 is 22.8 Å². The SMILES string of the molecule is CCOc1ccccc1NC(=O)Cn1cnc2c(nnn2-c2ccc(OC)cc2)c1=O. The molecule has 0 aliphatic rings. The summed E-state index contributed by atoms with van der Waals surface area (Å²) in [6, 6.07) is 14.2. The van der Waals surface area contributed by atoms with E-state index in [-0.39, 0.29) is 12.1 Å². The topological polar surface area (TPSA) is 113 Å². The first-order valence-corrected chi connectivity index (χ1v) is 9.57. The van der Waals surface area contributed by atoms with Crippen LogP contribution in [-0.4, -0.2) is 44.2 Å². The molecule has 0 unspecified atom stereocenters. The second-order valence-electron chi connectivity index (χ2n) is 6.53. The molecule has 0 aliphatic heterocycles. The van der Waals surface area contributed by atoms with Crippen molar-refractivity contribution in [2.24, 2.45) is 0 Å². The third-order valence-corrected chi connectivity index (χ3v) is 4.52. The molecule has 31 heavy (non-hydrogen) atoms. The lowest BCUT2D eigenvalue weighted by Gasteiger charge is -2.11. The summed E-state index contributed by atoms with van der Waals surface area (Å²) in [6.45, 7) is 2.10. The lowest BCUT2D eigenvalue weighted by Crippen LogP contribution is -2.28. The molecular weight excluding hydrogens is 400 g/mol. The van der Waals surface area contributed by atoms with Crippen LogP contribution >= 0.6 is 0 Å². The van der Waals surface area contributed by atoms with Gasteiger partial charge in [-0.25, -0.2) is 4.98 Å². The average molecular weight is 420 g/mol. The normalized spacial score (nSPS) is 10.8. The minimum absolute atomic E-state index is 0.0702. The number of aromatic nitrogens is 5. The number of nitrogens with zero attached hydrogens (tertiary/aromatic N) is 5. The predicted molar refractivity (Wildman–Crippen MR) is 114 cm³/mol. The molecule has 0 atom stereocenters. The van der Waals surface area contributed by atoms with Gasteiger partial charge in [0.15, 0.2) is 11.2 Å². The van der Waals surface area contributed by atoms with Gasteiger partial charge in [0, 0.05) is 0 Å². The smallest absolute Gasteiger partial charge is 0.284 e. The van der Waals surface area contributed by atoms with Crippen LogP contribution in [0.4, 0.5) is 5.69 Å². The number of hydrogen-bond donors (Lipinski definition) is 1. The Kier molecular flexibility index (Phi) is 5.61. The second kappa shape index (κ2) is 8.66. The summed E-state index contributed by atoms with van der Waals surface area (Å²) in [5.74, 6) is 0.861. The number of carbonyl (C=O) groups is 1. The summed E-state index contributed by atoms with van der Waals surface area (Å²) in [6.07, 6.45) is 1.31. The number of nitrogens with one attached hydrogen (secondary N) is 1. The molecule has 4 aromatic rings. The molecule has 10 heteroatoms. The number of benzene rings is 2. The van der Waals surface area contributed by atoms with E-state index in [1.807, 2.05) is 13.0 Å². The summed E-state index contributed by atoms with van der Waals surface area (Å²) < 4.78 is 13.3. The van der Waals surface area contributed by atoms with E-state index in [1.54, 1.807) is 49.6 Å². The Bertz CT molecular complexity index is 1280. The van der Waals surface area contributed by atoms with Crippen LogP contribution in [-0.2, 0) is 11.3 Å². The molecule has 2 aromatic carbocycles. The highest BCUT2D eigenvalue weighted by Gasteiger charge is 2.15. The van der Waals surface area contributed by atoms with E-state index in [4.69, 9.17) is 9.47 Å². The minimum Gasteiger partial charge on any atom is -0.497 e. The molecule has 0 bridgehead atoms. The number of ether oxygens (including phenoxy) is 2. The first kappa shape index (κ1) is 20.1. The highest BCUT2D eigenvalue weighted by Crippen LogP contribution is 2.23. The molecule has 1 N–H and O–H groups in total. The Balaban J connectivity index is 1.57. The maximum Gasteiger partial charge on any atom is 0.284 e. The zero-order valence-corrected chi connectivity index (χ0v) is 17.0. The van der Waals surface area contributed by atoms with Crippen molar-refractivity contribution in [1.82, 2.24) is 24.5 Å². The van der Waals surface area contributed by atoms with Gasteiger partial charge in [-0.2, -0.15) is 4.68 Å². The fourth-order valence-electron chi connectivity index (χ4n) is 3.05. The van der Waals surface area contributed by atoms with E-state index < -0.39 is 11.5 Å². The first-order valence-electron chi connectivity index (χ1n) is 9.57. The molecule has 0 fully saturated rings. The van der Waals surface area contributed by atoms with Gasteiger partial charge in [0.1, 0.15) is 24.4 Å². The lowest BCUT2D eigenvalue weighted by molar-refractivity contribution is -0.116. The zero-order valence-electron chi connectivity index (χ0n) is 17.0.